The first-order chi connectivity index (χ1) is 9.54. The van der Waals surface area contributed by atoms with E-state index in [1.165, 1.54) is 4.90 Å². The lowest BCUT2D eigenvalue weighted by Gasteiger charge is -2.22. The predicted octanol–water partition coefficient (Wildman–Crippen LogP) is 3.37. The Morgan fingerprint density at radius 3 is 2.52 bits per heavy atom. The minimum Gasteiger partial charge on any atom is -0.295 e. The molecule has 1 unspecified atom stereocenters. The van der Waals surface area contributed by atoms with Gasteiger partial charge in [0.05, 0.1) is 12.2 Å². The van der Waals surface area contributed by atoms with Crippen LogP contribution in [-0.2, 0) is 12.0 Å². The highest BCUT2D eigenvalue weighted by molar-refractivity contribution is 5.17. The molecule has 1 aliphatic heterocycles. The zero-order valence-electron chi connectivity index (χ0n) is 13.2. The van der Waals surface area contributed by atoms with Crippen molar-refractivity contribution >= 4 is 0 Å². The number of rotatable bonds is 3. The van der Waals surface area contributed by atoms with Crippen LogP contribution in [0.5, 0.6) is 0 Å². The molecule has 3 nitrogen and oxygen atoms in total. The van der Waals surface area contributed by atoms with Crippen LogP contribution in [0.3, 0.4) is 0 Å². The first kappa shape index (κ1) is 16.3. The summed E-state index contributed by atoms with van der Waals surface area (Å²) in [6.45, 7) is 9.27. The maximum atomic E-state index is 12.4. The summed E-state index contributed by atoms with van der Waals surface area (Å²) < 4.78 is 39.3. The zero-order valence-corrected chi connectivity index (χ0v) is 13.2. The lowest BCUT2D eigenvalue weighted by molar-refractivity contribution is -0.143. The SMILES string of the molecule is Cc1cc(C(C)(C)C)n(CC2CCN(CC(F)(F)F)C2)n1. The first-order valence-corrected chi connectivity index (χ1v) is 7.38. The van der Waals surface area contributed by atoms with Gasteiger partial charge in [-0.15, -0.1) is 0 Å². The zero-order chi connectivity index (χ0) is 15.8. The van der Waals surface area contributed by atoms with Crippen LogP contribution in [0.4, 0.5) is 13.2 Å². The molecule has 1 atom stereocenters. The van der Waals surface area contributed by atoms with Crippen LogP contribution in [0.15, 0.2) is 6.07 Å². The predicted molar refractivity (Wildman–Crippen MR) is 76.3 cm³/mol. The van der Waals surface area contributed by atoms with Gasteiger partial charge in [-0.1, -0.05) is 20.8 Å². The van der Waals surface area contributed by atoms with Crippen LogP contribution in [0.2, 0.25) is 0 Å². The first-order valence-electron chi connectivity index (χ1n) is 7.38. The molecule has 2 heterocycles. The molecule has 1 aromatic rings. The average Bonchev–Trinajstić information content (AvgIpc) is 2.83. The van der Waals surface area contributed by atoms with Gasteiger partial charge in [-0.3, -0.25) is 9.58 Å². The number of hydrogen-bond acceptors (Lipinski definition) is 2. The van der Waals surface area contributed by atoms with Gasteiger partial charge in [0.25, 0.3) is 0 Å². The summed E-state index contributed by atoms with van der Waals surface area (Å²) in [5, 5.41) is 4.52. The van der Waals surface area contributed by atoms with Crippen molar-refractivity contribution in [1.29, 1.82) is 0 Å². The second-order valence-corrected chi connectivity index (χ2v) is 7.11. The van der Waals surface area contributed by atoms with Crippen molar-refractivity contribution < 1.29 is 13.2 Å². The van der Waals surface area contributed by atoms with E-state index in [9.17, 15) is 13.2 Å². The van der Waals surface area contributed by atoms with Gasteiger partial charge in [-0.2, -0.15) is 18.3 Å². The Morgan fingerprint density at radius 2 is 1.95 bits per heavy atom. The number of halogens is 3. The van der Waals surface area contributed by atoms with E-state index >= 15 is 0 Å². The van der Waals surface area contributed by atoms with Gasteiger partial charge in [-0.25, -0.2) is 0 Å². The normalized spacial score (nSPS) is 21.2. The summed E-state index contributed by atoms with van der Waals surface area (Å²) in [4.78, 5) is 1.50. The minimum absolute atomic E-state index is 0.00841. The highest BCUT2D eigenvalue weighted by Crippen LogP contribution is 2.27. The third-order valence-electron chi connectivity index (χ3n) is 3.87. The van der Waals surface area contributed by atoms with Crippen LogP contribution in [0, 0.1) is 12.8 Å². The molecule has 21 heavy (non-hydrogen) atoms. The molecule has 1 aliphatic rings. The highest BCUT2D eigenvalue weighted by Gasteiger charge is 2.34. The molecular weight excluding hydrogens is 279 g/mol. The molecule has 0 aromatic carbocycles. The van der Waals surface area contributed by atoms with Crippen LogP contribution < -0.4 is 0 Å². The number of likely N-dealkylation sites (tertiary alicyclic amines) is 1. The van der Waals surface area contributed by atoms with E-state index in [0.29, 0.717) is 19.6 Å². The van der Waals surface area contributed by atoms with E-state index in [-0.39, 0.29) is 11.3 Å². The fourth-order valence-electron chi connectivity index (χ4n) is 2.99. The molecule has 0 radical (unpaired) electrons. The summed E-state index contributed by atoms with van der Waals surface area (Å²) in [6, 6.07) is 2.07. The van der Waals surface area contributed by atoms with Crippen LogP contribution >= 0.6 is 0 Å². The maximum Gasteiger partial charge on any atom is 0.401 e. The number of alkyl halides is 3. The number of hydrogen-bond donors (Lipinski definition) is 0. The molecule has 2 rings (SSSR count). The van der Waals surface area contributed by atoms with Crippen molar-refractivity contribution in [3.8, 4) is 0 Å². The molecule has 6 heteroatoms. The van der Waals surface area contributed by atoms with Gasteiger partial charge in [0.1, 0.15) is 0 Å². The summed E-state index contributed by atoms with van der Waals surface area (Å²) in [7, 11) is 0. The molecule has 120 valence electrons. The molecule has 0 amide bonds. The Hall–Kier alpha value is -1.04. The molecule has 0 saturated carbocycles. The average molecular weight is 303 g/mol. The van der Waals surface area contributed by atoms with Crippen molar-refractivity contribution in [3.63, 3.8) is 0 Å². The molecule has 1 aromatic heterocycles. The Morgan fingerprint density at radius 1 is 1.29 bits per heavy atom. The molecular formula is C15H24F3N3. The number of nitrogens with zero attached hydrogens (tertiary/aromatic N) is 3. The monoisotopic (exact) mass is 303 g/mol. The summed E-state index contributed by atoms with van der Waals surface area (Å²) in [5.41, 5.74) is 2.10. The molecule has 1 fully saturated rings. The van der Waals surface area contributed by atoms with Gasteiger partial charge < -0.3 is 0 Å². The van der Waals surface area contributed by atoms with Crippen LogP contribution in [0.25, 0.3) is 0 Å². The fourth-order valence-corrected chi connectivity index (χ4v) is 2.99. The van der Waals surface area contributed by atoms with E-state index in [0.717, 1.165) is 17.8 Å². The number of aryl methyl sites for hydroxylation is 1. The summed E-state index contributed by atoms with van der Waals surface area (Å²) in [5.74, 6) is 0.243. The van der Waals surface area contributed by atoms with Crippen LogP contribution in [0.1, 0.15) is 38.6 Å². The molecule has 0 N–H and O–H groups in total. The summed E-state index contributed by atoms with van der Waals surface area (Å²) >= 11 is 0. The van der Waals surface area contributed by atoms with Crippen molar-refractivity contribution in [1.82, 2.24) is 14.7 Å². The minimum atomic E-state index is -4.10. The standard InChI is InChI=1S/C15H24F3N3/c1-11-7-13(14(2,3)4)21(19-11)9-12-5-6-20(8-12)10-15(16,17)18/h7,12H,5-6,8-10H2,1-4H3. The Bertz CT molecular complexity index is 485. The Kier molecular flexibility index (Phi) is 4.38. The van der Waals surface area contributed by atoms with E-state index < -0.39 is 12.7 Å². The van der Waals surface area contributed by atoms with Crippen molar-refractivity contribution in [2.24, 2.45) is 5.92 Å². The van der Waals surface area contributed by atoms with E-state index in [4.69, 9.17) is 0 Å². The third kappa shape index (κ3) is 4.46. The van der Waals surface area contributed by atoms with Gasteiger partial charge >= 0.3 is 6.18 Å². The number of aromatic nitrogens is 2. The van der Waals surface area contributed by atoms with Crippen LogP contribution in [-0.4, -0.2) is 40.5 Å². The Balaban J connectivity index is 2.01. The van der Waals surface area contributed by atoms with Gasteiger partial charge in [0.2, 0.25) is 0 Å². The molecule has 0 spiro atoms. The lowest BCUT2D eigenvalue weighted by atomic mass is 9.91. The molecule has 0 aliphatic carbocycles. The largest absolute Gasteiger partial charge is 0.401 e. The highest BCUT2D eigenvalue weighted by atomic mass is 19.4. The smallest absolute Gasteiger partial charge is 0.295 e. The Labute approximate surface area is 124 Å². The van der Waals surface area contributed by atoms with Gasteiger partial charge in [0, 0.05) is 24.2 Å². The lowest BCUT2D eigenvalue weighted by Crippen LogP contribution is -2.33. The molecule has 0 bridgehead atoms. The van der Waals surface area contributed by atoms with E-state index in [1.54, 1.807) is 0 Å². The summed E-state index contributed by atoms with van der Waals surface area (Å²) in [6.07, 6.45) is -3.30. The van der Waals surface area contributed by atoms with Gasteiger partial charge in [-0.05, 0) is 31.9 Å². The van der Waals surface area contributed by atoms with E-state index in [2.05, 4.69) is 31.9 Å². The maximum absolute atomic E-state index is 12.4. The quantitative estimate of drug-likeness (QED) is 0.853. The van der Waals surface area contributed by atoms with E-state index in [1.807, 2.05) is 11.6 Å². The second-order valence-electron chi connectivity index (χ2n) is 7.11. The van der Waals surface area contributed by atoms with Gasteiger partial charge in [0.15, 0.2) is 0 Å². The van der Waals surface area contributed by atoms with Crippen molar-refractivity contribution in [2.45, 2.75) is 52.3 Å². The third-order valence-corrected chi connectivity index (χ3v) is 3.87. The van der Waals surface area contributed by atoms with Crippen molar-refractivity contribution in [2.75, 3.05) is 19.6 Å². The van der Waals surface area contributed by atoms with Crippen molar-refractivity contribution in [3.05, 3.63) is 17.5 Å². The fraction of sp³-hybridized carbons (Fsp3) is 0.800. The molecule has 1 saturated heterocycles. The topological polar surface area (TPSA) is 21.1 Å². The second kappa shape index (κ2) is 5.63.